The lowest BCUT2D eigenvalue weighted by Gasteiger charge is -2.08. The van der Waals surface area contributed by atoms with E-state index < -0.39 is 0 Å². The summed E-state index contributed by atoms with van der Waals surface area (Å²) < 4.78 is 5.41. The van der Waals surface area contributed by atoms with Crippen LogP contribution in [0.5, 0.6) is 0 Å². The Balaban J connectivity index is 1.28. The van der Waals surface area contributed by atoms with Gasteiger partial charge in [-0.2, -0.15) is 0 Å². The highest BCUT2D eigenvalue weighted by Gasteiger charge is 2.09. The van der Waals surface area contributed by atoms with Crippen molar-refractivity contribution in [3.8, 4) is 10.4 Å². The minimum Gasteiger partial charge on any atom is -0.469 e. The van der Waals surface area contributed by atoms with E-state index in [2.05, 4.69) is 49.5 Å². The van der Waals surface area contributed by atoms with Gasteiger partial charge in [-0.05, 0) is 36.2 Å². The number of fused-ring (bicyclic) bond motifs is 1. The van der Waals surface area contributed by atoms with Gasteiger partial charge in [-0.3, -0.25) is 0 Å². The quantitative estimate of drug-likeness (QED) is 0.373. The van der Waals surface area contributed by atoms with Crippen molar-refractivity contribution < 1.29 is 4.42 Å². The Morgan fingerprint density at radius 2 is 1.97 bits per heavy atom. The second-order valence-electron chi connectivity index (χ2n) is 7.11. The third-order valence-electron chi connectivity index (χ3n) is 4.97. The number of nitrogens with one attached hydrogen (secondary N) is 2. The van der Waals surface area contributed by atoms with Crippen molar-refractivity contribution in [3.63, 3.8) is 0 Å². The van der Waals surface area contributed by atoms with Gasteiger partial charge in [0.2, 0.25) is 0 Å². The van der Waals surface area contributed by atoms with E-state index in [1.807, 2.05) is 31.3 Å². The molecule has 4 aromatic heterocycles. The van der Waals surface area contributed by atoms with E-state index in [1.165, 1.54) is 16.0 Å². The summed E-state index contributed by atoms with van der Waals surface area (Å²) in [7, 11) is 0. The number of rotatable bonds is 7. The first-order chi connectivity index (χ1) is 14.7. The Bertz CT molecular complexity index is 1250. The van der Waals surface area contributed by atoms with Crippen LogP contribution in [-0.2, 0) is 19.4 Å². The van der Waals surface area contributed by atoms with Crippen LogP contribution in [0.25, 0.3) is 21.6 Å². The molecule has 7 heteroatoms. The molecule has 0 saturated heterocycles. The fourth-order valence-corrected chi connectivity index (χ4v) is 4.18. The molecule has 0 spiro atoms. The van der Waals surface area contributed by atoms with Crippen LogP contribution in [0, 0.1) is 6.92 Å². The number of H-pyrrole nitrogens is 1. The monoisotopic (exact) mass is 415 g/mol. The molecule has 4 heterocycles. The topological polar surface area (TPSA) is 79.6 Å². The van der Waals surface area contributed by atoms with Crippen molar-refractivity contribution in [2.45, 2.75) is 26.3 Å². The number of furan rings is 1. The number of benzene rings is 1. The van der Waals surface area contributed by atoms with Gasteiger partial charge in [-0.25, -0.2) is 15.0 Å². The van der Waals surface area contributed by atoms with Crippen LogP contribution in [0.15, 0.2) is 65.5 Å². The first kappa shape index (κ1) is 18.6. The summed E-state index contributed by atoms with van der Waals surface area (Å²) in [6, 6.07) is 14.5. The van der Waals surface area contributed by atoms with Gasteiger partial charge in [0, 0.05) is 31.8 Å². The molecule has 0 bridgehead atoms. The van der Waals surface area contributed by atoms with Crippen LogP contribution >= 0.6 is 11.3 Å². The summed E-state index contributed by atoms with van der Waals surface area (Å²) in [6.07, 6.45) is 7.01. The summed E-state index contributed by atoms with van der Waals surface area (Å²) in [5.41, 5.74) is 5.07. The van der Waals surface area contributed by atoms with E-state index in [4.69, 9.17) is 4.42 Å². The molecule has 5 rings (SSSR count). The fourth-order valence-electron chi connectivity index (χ4n) is 3.40. The molecular weight excluding hydrogens is 394 g/mol. The minimum atomic E-state index is 0.724. The molecule has 2 N–H and O–H groups in total. The molecule has 1 aromatic carbocycles. The summed E-state index contributed by atoms with van der Waals surface area (Å²) in [6.45, 7) is 2.75. The second-order valence-corrected chi connectivity index (χ2v) is 8.35. The molecule has 150 valence electrons. The van der Waals surface area contributed by atoms with Crippen LogP contribution in [0.3, 0.4) is 0 Å². The Morgan fingerprint density at radius 1 is 1.07 bits per heavy atom. The molecule has 0 unspecified atom stereocenters. The maximum Gasteiger partial charge on any atom is 0.179 e. The molecule has 0 amide bonds. The van der Waals surface area contributed by atoms with Gasteiger partial charge in [-0.1, -0.05) is 24.3 Å². The Kier molecular flexibility index (Phi) is 5.03. The Hall–Kier alpha value is -3.45. The van der Waals surface area contributed by atoms with E-state index in [0.717, 1.165) is 52.8 Å². The number of aromatic nitrogens is 4. The van der Waals surface area contributed by atoms with Crippen molar-refractivity contribution in [1.82, 2.24) is 19.9 Å². The van der Waals surface area contributed by atoms with E-state index >= 15 is 0 Å². The van der Waals surface area contributed by atoms with E-state index in [-0.39, 0.29) is 0 Å². The SMILES string of the molecule is Cc1ncc(-c2ccc(CNc3ccnc4nc(CCc5ccco5)[nH]c34)cc2)s1. The summed E-state index contributed by atoms with van der Waals surface area (Å²) in [5.74, 6) is 1.87. The normalized spacial score (nSPS) is 11.2. The summed E-state index contributed by atoms with van der Waals surface area (Å²) in [4.78, 5) is 18.0. The summed E-state index contributed by atoms with van der Waals surface area (Å²) >= 11 is 1.71. The lowest BCUT2D eigenvalue weighted by molar-refractivity contribution is 0.507. The zero-order valence-electron chi connectivity index (χ0n) is 16.6. The van der Waals surface area contributed by atoms with Gasteiger partial charge in [0.25, 0.3) is 0 Å². The van der Waals surface area contributed by atoms with Crippen molar-refractivity contribution in [2.75, 3.05) is 5.32 Å². The smallest absolute Gasteiger partial charge is 0.179 e. The van der Waals surface area contributed by atoms with Gasteiger partial charge in [0.05, 0.1) is 21.8 Å². The number of hydrogen-bond acceptors (Lipinski definition) is 6. The molecule has 0 saturated carbocycles. The van der Waals surface area contributed by atoms with Gasteiger partial charge in [0.1, 0.15) is 17.1 Å². The van der Waals surface area contributed by atoms with E-state index in [9.17, 15) is 0 Å². The summed E-state index contributed by atoms with van der Waals surface area (Å²) in [5, 5.41) is 4.59. The van der Waals surface area contributed by atoms with Crippen LogP contribution < -0.4 is 5.32 Å². The predicted molar refractivity (Wildman–Crippen MR) is 120 cm³/mol. The average molecular weight is 416 g/mol. The molecule has 0 radical (unpaired) electrons. The van der Waals surface area contributed by atoms with E-state index in [0.29, 0.717) is 0 Å². The number of anilines is 1. The highest BCUT2D eigenvalue weighted by molar-refractivity contribution is 7.15. The van der Waals surface area contributed by atoms with Gasteiger partial charge < -0.3 is 14.7 Å². The second kappa shape index (κ2) is 8.12. The van der Waals surface area contributed by atoms with Gasteiger partial charge in [-0.15, -0.1) is 11.3 Å². The van der Waals surface area contributed by atoms with Gasteiger partial charge in [0.15, 0.2) is 5.65 Å². The number of thiazole rings is 1. The lowest BCUT2D eigenvalue weighted by Crippen LogP contribution is -2.00. The first-order valence-electron chi connectivity index (χ1n) is 9.86. The third kappa shape index (κ3) is 3.97. The number of pyridine rings is 1. The molecule has 0 fully saturated rings. The number of nitrogens with zero attached hydrogens (tertiary/aromatic N) is 3. The maximum absolute atomic E-state index is 5.41. The molecule has 30 heavy (non-hydrogen) atoms. The van der Waals surface area contributed by atoms with Gasteiger partial charge >= 0.3 is 0 Å². The number of aryl methyl sites for hydroxylation is 3. The number of imidazole rings is 1. The maximum atomic E-state index is 5.41. The molecular formula is C23H21N5OS. The van der Waals surface area contributed by atoms with Crippen LogP contribution in [0.2, 0.25) is 0 Å². The van der Waals surface area contributed by atoms with Crippen molar-refractivity contribution in [1.29, 1.82) is 0 Å². The third-order valence-corrected chi connectivity index (χ3v) is 5.93. The first-order valence-corrected chi connectivity index (χ1v) is 10.7. The highest BCUT2D eigenvalue weighted by atomic mass is 32.1. The Morgan fingerprint density at radius 3 is 2.73 bits per heavy atom. The van der Waals surface area contributed by atoms with Crippen molar-refractivity contribution >= 4 is 28.2 Å². The van der Waals surface area contributed by atoms with Crippen LogP contribution in [-0.4, -0.2) is 19.9 Å². The molecule has 0 atom stereocenters. The average Bonchev–Trinajstić information content (AvgIpc) is 3.51. The van der Waals surface area contributed by atoms with Crippen LogP contribution in [0.4, 0.5) is 5.69 Å². The molecule has 5 aromatic rings. The molecule has 6 nitrogen and oxygen atoms in total. The van der Waals surface area contributed by atoms with Crippen molar-refractivity contribution in [2.24, 2.45) is 0 Å². The zero-order valence-corrected chi connectivity index (χ0v) is 17.4. The minimum absolute atomic E-state index is 0.724. The molecule has 0 aliphatic carbocycles. The zero-order chi connectivity index (χ0) is 20.3. The van der Waals surface area contributed by atoms with Crippen LogP contribution in [0.1, 0.15) is 22.2 Å². The standard InChI is InChI=1S/C23H21N5OS/c1-15-25-14-20(30-15)17-6-4-16(5-7-17)13-26-19-10-11-24-23-22(19)27-21(28-23)9-8-18-3-2-12-29-18/h2-7,10-12,14H,8-9,13H2,1H3,(H2,24,26,27,28). The lowest BCUT2D eigenvalue weighted by atomic mass is 10.1. The molecule has 0 aliphatic rings. The fraction of sp³-hybridized carbons (Fsp3) is 0.174. The largest absolute Gasteiger partial charge is 0.469 e. The predicted octanol–water partition coefficient (Wildman–Crippen LogP) is 5.38. The van der Waals surface area contributed by atoms with Crippen molar-refractivity contribution in [3.05, 3.63) is 83.3 Å². The number of aromatic amines is 1. The molecule has 0 aliphatic heterocycles. The highest BCUT2D eigenvalue weighted by Crippen LogP contribution is 2.26. The Labute approximate surface area is 178 Å². The number of hydrogen-bond donors (Lipinski definition) is 2. The van der Waals surface area contributed by atoms with E-state index in [1.54, 1.807) is 23.8 Å².